The van der Waals surface area contributed by atoms with Crippen molar-refractivity contribution in [2.45, 2.75) is 24.7 Å². The number of halogens is 1. The highest BCUT2D eigenvalue weighted by Gasteiger charge is 2.27. The molecule has 8 heteroatoms. The van der Waals surface area contributed by atoms with Gasteiger partial charge in [0.25, 0.3) is 0 Å². The molecule has 1 heterocycles. The van der Waals surface area contributed by atoms with Crippen molar-refractivity contribution in [2.24, 2.45) is 0 Å². The molecule has 0 bridgehead atoms. The van der Waals surface area contributed by atoms with Crippen molar-refractivity contribution in [3.8, 4) is 0 Å². The van der Waals surface area contributed by atoms with E-state index in [1.165, 1.54) is 20.1 Å². The van der Waals surface area contributed by atoms with Crippen LogP contribution in [0.2, 0.25) is 0 Å². The zero-order valence-electron chi connectivity index (χ0n) is 12.3. The van der Waals surface area contributed by atoms with Crippen molar-refractivity contribution in [1.82, 2.24) is 0 Å². The van der Waals surface area contributed by atoms with Crippen LogP contribution in [0.15, 0.2) is 21.5 Å². The molecule has 0 saturated carbocycles. The van der Waals surface area contributed by atoms with Gasteiger partial charge in [-0.2, -0.15) is 0 Å². The van der Waals surface area contributed by atoms with Crippen molar-refractivity contribution in [3.63, 3.8) is 0 Å². The molecule has 120 valence electrons. The quantitative estimate of drug-likeness (QED) is 0.731. The third-order valence-electron chi connectivity index (χ3n) is 3.55. The Bertz CT molecular complexity index is 729. The molecular formula is C14H16BrNO5S. The van der Waals surface area contributed by atoms with Gasteiger partial charge in [-0.05, 0) is 40.0 Å². The van der Waals surface area contributed by atoms with E-state index in [0.717, 1.165) is 5.56 Å². The van der Waals surface area contributed by atoms with E-state index in [1.807, 2.05) is 0 Å². The van der Waals surface area contributed by atoms with Crippen LogP contribution in [0.4, 0.5) is 5.69 Å². The Morgan fingerprint density at radius 1 is 1.36 bits per heavy atom. The predicted octanol–water partition coefficient (Wildman–Crippen LogP) is 1.69. The summed E-state index contributed by atoms with van der Waals surface area (Å²) in [4.78, 5) is 24.4. The van der Waals surface area contributed by atoms with Crippen molar-refractivity contribution in [3.05, 3.63) is 22.2 Å². The molecule has 1 aliphatic heterocycles. The number of anilines is 1. The Labute approximate surface area is 137 Å². The third kappa shape index (κ3) is 3.33. The smallest absolute Gasteiger partial charge is 0.306 e. The van der Waals surface area contributed by atoms with Crippen LogP contribution in [-0.4, -0.2) is 39.7 Å². The number of ether oxygens (including phenoxy) is 1. The number of carbonyl (C=O) groups is 2. The van der Waals surface area contributed by atoms with Crippen molar-refractivity contribution >= 4 is 43.3 Å². The lowest BCUT2D eigenvalue weighted by Crippen LogP contribution is -2.26. The lowest BCUT2D eigenvalue weighted by molar-refractivity contribution is -0.140. The highest BCUT2D eigenvalue weighted by molar-refractivity contribution is 9.10. The van der Waals surface area contributed by atoms with E-state index >= 15 is 0 Å². The maximum atomic E-state index is 12.4. The van der Waals surface area contributed by atoms with Crippen LogP contribution in [-0.2, 0) is 30.6 Å². The van der Waals surface area contributed by atoms with Crippen LogP contribution in [0.5, 0.6) is 0 Å². The molecule has 22 heavy (non-hydrogen) atoms. The van der Waals surface area contributed by atoms with Gasteiger partial charge in [-0.1, -0.05) is 0 Å². The number of amides is 1. The fourth-order valence-corrected chi connectivity index (χ4v) is 4.82. The summed E-state index contributed by atoms with van der Waals surface area (Å²) in [6.07, 6.45) is 0.481. The summed E-state index contributed by atoms with van der Waals surface area (Å²) < 4.78 is 29.7. The van der Waals surface area contributed by atoms with E-state index in [0.29, 0.717) is 23.1 Å². The summed E-state index contributed by atoms with van der Waals surface area (Å²) in [7, 11) is -2.44. The molecule has 0 aromatic heterocycles. The molecule has 0 atom stereocenters. The predicted molar refractivity (Wildman–Crippen MR) is 84.6 cm³/mol. The van der Waals surface area contributed by atoms with Gasteiger partial charge in [0.05, 0.1) is 24.2 Å². The molecule has 6 nitrogen and oxygen atoms in total. The first kappa shape index (κ1) is 17.0. The second-order valence-electron chi connectivity index (χ2n) is 4.98. The highest BCUT2D eigenvalue weighted by Crippen LogP contribution is 2.35. The molecule has 2 rings (SSSR count). The first-order valence-electron chi connectivity index (χ1n) is 6.66. The zero-order valence-corrected chi connectivity index (χ0v) is 14.7. The standard InChI is InChI=1S/C14H16BrNO5S/c1-9(17)16-5-3-10-7-11(15)13(8-12(10)16)22(19,20)6-4-14(18)21-2/h7-8H,3-6H2,1-2H3. The average molecular weight is 390 g/mol. The van der Waals surface area contributed by atoms with Crippen LogP contribution in [0.1, 0.15) is 18.9 Å². The number of fused-ring (bicyclic) bond motifs is 1. The Morgan fingerprint density at radius 3 is 2.64 bits per heavy atom. The van der Waals surface area contributed by atoms with Gasteiger partial charge in [0.15, 0.2) is 9.84 Å². The molecule has 0 radical (unpaired) electrons. The van der Waals surface area contributed by atoms with Gasteiger partial charge in [-0.3, -0.25) is 9.59 Å². The molecule has 0 aliphatic carbocycles. The number of methoxy groups -OCH3 is 1. The molecule has 0 saturated heterocycles. The Kier molecular flexibility index (Phi) is 4.91. The van der Waals surface area contributed by atoms with Crippen LogP contribution >= 0.6 is 15.9 Å². The summed E-state index contributed by atoms with van der Waals surface area (Å²) in [5, 5.41) is 0. The minimum Gasteiger partial charge on any atom is -0.469 e. The van der Waals surface area contributed by atoms with E-state index < -0.39 is 15.8 Å². The summed E-state index contributed by atoms with van der Waals surface area (Å²) in [6.45, 7) is 1.99. The third-order valence-corrected chi connectivity index (χ3v) is 6.21. The highest BCUT2D eigenvalue weighted by atomic mass is 79.9. The lowest BCUT2D eigenvalue weighted by atomic mass is 10.2. The van der Waals surface area contributed by atoms with Crippen LogP contribution in [0.3, 0.4) is 0 Å². The van der Waals surface area contributed by atoms with E-state index in [2.05, 4.69) is 20.7 Å². The largest absolute Gasteiger partial charge is 0.469 e. The van der Waals surface area contributed by atoms with Gasteiger partial charge in [-0.25, -0.2) is 8.42 Å². The van der Waals surface area contributed by atoms with E-state index in [4.69, 9.17) is 0 Å². The molecule has 1 aromatic carbocycles. The normalized spacial score (nSPS) is 13.9. The van der Waals surface area contributed by atoms with E-state index in [-0.39, 0.29) is 23.0 Å². The number of sulfone groups is 1. The average Bonchev–Trinajstić information content (AvgIpc) is 2.86. The number of esters is 1. The first-order chi connectivity index (χ1) is 10.3. The molecule has 0 fully saturated rings. The number of hydrogen-bond acceptors (Lipinski definition) is 5. The van der Waals surface area contributed by atoms with E-state index in [9.17, 15) is 18.0 Å². The lowest BCUT2D eigenvalue weighted by Gasteiger charge is -2.16. The van der Waals surface area contributed by atoms with Crippen LogP contribution < -0.4 is 4.90 Å². The molecule has 0 N–H and O–H groups in total. The monoisotopic (exact) mass is 389 g/mol. The van der Waals surface area contributed by atoms with Gasteiger partial charge in [-0.15, -0.1) is 0 Å². The molecule has 1 amide bonds. The summed E-state index contributed by atoms with van der Waals surface area (Å²) in [5.74, 6) is -1.04. The second-order valence-corrected chi connectivity index (χ2v) is 7.91. The number of carbonyl (C=O) groups excluding carboxylic acids is 2. The van der Waals surface area contributed by atoms with Gasteiger partial charge < -0.3 is 9.64 Å². The Morgan fingerprint density at radius 2 is 2.05 bits per heavy atom. The number of benzene rings is 1. The van der Waals surface area contributed by atoms with Gasteiger partial charge >= 0.3 is 5.97 Å². The van der Waals surface area contributed by atoms with Crippen molar-refractivity contribution in [1.29, 1.82) is 0 Å². The van der Waals surface area contributed by atoms with Gasteiger partial charge in [0.2, 0.25) is 5.91 Å². The van der Waals surface area contributed by atoms with Crippen LogP contribution in [0, 0.1) is 0 Å². The molecule has 1 aromatic rings. The minimum absolute atomic E-state index is 0.0864. The van der Waals surface area contributed by atoms with Crippen LogP contribution in [0.25, 0.3) is 0 Å². The number of nitrogens with zero attached hydrogens (tertiary/aromatic N) is 1. The fraction of sp³-hybridized carbons (Fsp3) is 0.429. The van der Waals surface area contributed by atoms with Crippen molar-refractivity contribution < 1.29 is 22.7 Å². The maximum absolute atomic E-state index is 12.4. The van der Waals surface area contributed by atoms with Gasteiger partial charge in [0, 0.05) is 23.6 Å². The van der Waals surface area contributed by atoms with E-state index in [1.54, 1.807) is 11.0 Å². The zero-order chi connectivity index (χ0) is 16.5. The SMILES string of the molecule is COC(=O)CCS(=O)(=O)c1cc2c(cc1Br)CCN2C(C)=O. The molecular weight excluding hydrogens is 374 g/mol. The maximum Gasteiger partial charge on any atom is 0.306 e. The summed E-state index contributed by atoms with van der Waals surface area (Å²) in [6, 6.07) is 3.23. The first-order valence-corrected chi connectivity index (χ1v) is 9.11. The second kappa shape index (κ2) is 6.37. The fourth-order valence-electron chi connectivity index (χ4n) is 2.38. The topological polar surface area (TPSA) is 80.8 Å². The van der Waals surface area contributed by atoms with Crippen molar-refractivity contribution in [2.75, 3.05) is 24.3 Å². The minimum atomic E-state index is -3.65. The molecule has 1 aliphatic rings. The Balaban J connectivity index is 2.38. The molecule has 0 spiro atoms. The number of hydrogen-bond donors (Lipinski definition) is 0. The molecule has 0 unspecified atom stereocenters. The summed E-state index contributed by atoms with van der Waals surface area (Å²) in [5.41, 5.74) is 1.54. The Hall–Kier alpha value is -1.41. The van der Waals surface area contributed by atoms with Gasteiger partial charge in [0.1, 0.15) is 0 Å². The number of rotatable bonds is 4. The summed E-state index contributed by atoms with van der Waals surface area (Å²) >= 11 is 3.27.